The molecule has 4 nitrogen and oxygen atoms in total. The molecule has 0 spiro atoms. The highest BCUT2D eigenvalue weighted by Gasteiger charge is 2.24. The van der Waals surface area contributed by atoms with Crippen molar-refractivity contribution < 1.29 is 4.79 Å². The number of benzene rings is 1. The Labute approximate surface area is 142 Å². The number of rotatable bonds is 5. The number of fused-ring (bicyclic) bond motifs is 1. The maximum atomic E-state index is 12.4. The van der Waals surface area contributed by atoms with Gasteiger partial charge in [0.15, 0.2) is 0 Å². The summed E-state index contributed by atoms with van der Waals surface area (Å²) >= 11 is 1.78. The Balaban J connectivity index is 1.53. The number of hydrogen-bond acceptors (Lipinski definition) is 4. The maximum Gasteiger partial charge on any atom is 0.225 e. The quantitative estimate of drug-likeness (QED) is 0.843. The van der Waals surface area contributed by atoms with Crippen molar-refractivity contribution in [2.75, 3.05) is 26.2 Å². The zero-order valence-electron chi connectivity index (χ0n) is 14.0. The summed E-state index contributed by atoms with van der Waals surface area (Å²) in [5.74, 6) is 0.488. The first kappa shape index (κ1) is 16.4. The summed E-state index contributed by atoms with van der Waals surface area (Å²) in [5, 5.41) is 1.17. The van der Waals surface area contributed by atoms with Crippen molar-refractivity contribution in [2.24, 2.45) is 5.92 Å². The molecule has 0 aliphatic carbocycles. The molecular weight excluding hydrogens is 306 g/mol. The number of para-hydroxylation sites is 1. The third-order valence-corrected chi connectivity index (χ3v) is 5.55. The molecule has 0 N–H and O–H groups in total. The molecular formula is C18H25N3OS. The third kappa shape index (κ3) is 3.90. The van der Waals surface area contributed by atoms with Crippen LogP contribution in [0.3, 0.4) is 0 Å². The zero-order chi connectivity index (χ0) is 16.2. The van der Waals surface area contributed by atoms with Crippen LogP contribution in [0.1, 0.15) is 31.7 Å². The number of thiazole rings is 1. The normalized spacial score (nSPS) is 17.6. The van der Waals surface area contributed by atoms with E-state index in [-0.39, 0.29) is 5.92 Å². The number of aromatic nitrogens is 1. The van der Waals surface area contributed by atoms with Gasteiger partial charge in [0.05, 0.1) is 16.8 Å². The highest BCUT2D eigenvalue weighted by atomic mass is 32.1. The third-order valence-electron chi connectivity index (χ3n) is 4.52. The van der Waals surface area contributed by atoms with Crippen molar-refractivity contribution in [2.45, 2.75) is 33.2 Å². The summed E-state index contributed by atoms with van der Waals surface area (Å²) in [6.07, 6.45) is 2.06. The maximum absolute atomic E-state index is 12.4. The van der Waals surface area contributed by atoms with E-state index in [2.05, 4.69) is 36.9 Å². The van der Waals surface area contributed by atoms with Crippen molar-refractivity contribution in [1.82, 2.24) is 14.8 Å². The molecule has 1 aliphatic heterocycles. The van der Waals surface area contributed by atoms with Gasteiger partial charge in [-0.1, -0.05) is 32.4 Å². The van der Waals surface area contributed by atoms with Crippen molar-refractivity contribution >= 4 is 27.5 Å². The van der Waals surface area contributed by atoms with Gasteiger partial charge < -0.3 is 4.90 Å². The van der Waals surface area contributed by atoms with E-state index >= 15 is 0 Å². The number of carbonyl (C=O) groups excluding carboxylic acids is 1. The minimum atomic E-state index is 0.163. The fourth-order valence-electron chi connectivity index (χ4n) is 3.17. The molecule has 2 aromatic rings. The van der Waals surface area contributed by atoms with Gasteiger partial charge in [-0.15, -0.1) is 11.3 Å². The molecule has 1 aromatic carbocycles. The fraction of sp³-hybridized carbons (Fsp3) is 0.556. The average molecular weight is 331 g/mol. The van der Waals surface area contributed by atoms with Crippen LogP contribution in [0.2, 0.25) is 0 Å². The standard InChI is InChI=1S/C18H25N3OS/c1-3-6-14(2)18(22)21-11-9-20(10-12-21)13-17-19-15-7-4-5-8-16(15)23-17/h4-5,7-8,14H,3,6,9-13H2,1-2H3. The fourth-order valence-corrected chi connectivity index (χ4v) is 4.18. The second-order valence-corrected chi connectivity index (χ2v) is 7.48. The van der Waals surface area contributed by atoms with Crippen LogP contribution >= 0.6 is 11.3 Å². The van der Waals surface area contributed by atoms with Crippen LogP contribution in [0.25, 0.3) is 10.2 Å². The van der Waals surface area contributed by atoms with Gasteiger partial charge in [-0.25, -0.2) is 4.98 Å². The molecule has 0 saturated carbocycles. The molecule has 0 bridgehead atoms. The first-order chi connectivity index (χ1) is 11.2. The highest BCUT2D eigenvalue weighted by Crippen LogP contribution is 2.23. The van der Waals surface area contributed by atoms with Crippen molar-refractivity contribution in [3.05, 3.63) is 29.3 Å². The predicted octanol–water partition coefficient (Wildman–Crippen LogP) is 3.38. The Morgan fingerprint density at radius 1 is 1.26 bits per heavy atom. The summed E-state index contributed by atoms with van der Waals surface area (Å²) in [4.78, 5) is 21.5. The average Bonchev–Trinajstić information content (AvgIpc) is 2.97. The van der Waals surface area contributed by atoms with E-state index in [4.69, 9.17) is 4.98 Å². The van der Waals surface area contributed by atoms with Crippen LogP contribution in [-0.2, 0) is 11.3 Å². The molecule has 124 valence electrons. The largest absolute Gasteiger partial charge is 0.340 e. The second kappa shape index (κ2) is 7.41. The molecule has 1 aliphatic rings. The van der Waals surface area contributed by atoms with E-state index in [1.807, 2.05) is 11.0 Å². The molecule has 1 atom stereocenters. The number of piperazine rings is 1. The number of nitrogens with zero attached hydrogens (tertiary/aromatic N) is 3. The van der Waals surface area contributed by atoms with E-state index in [0.29, 0.717) is 5.91 Å². The Morgan fingerprint density at radius 3 is 2.70 bits per heavy atom. The summed E-state index contributed by atoms with van der Waals surface area (Å²) in [7, 11) is 0. The van der Waals surface area contributed by atoms with Gasteiger partial charge in [-0.05, 0) is 18.6 Å². The Bertz CT molecular complexity index is 628. The molecule has 1 amide bonds. The lowest BCUT2D eigenvalue weighted by Crippen LogP contribution is -2.49. The zero-order valence-corrected chi connectivity index (χ0v) is 14.8. The van der Waals surface area contributed by atoms with E-state index in [1.54, 1.807) is 11.3 Å². The van der Waals surface area contributed by atoms with Gasteiger partial charge in [-0.2, -0.15) is 0 Å². The molecule has 1 unspecified atom stereocenters. The van der Waals surface area contributed by atoms with Crippen LogP contribution in [0.15, 0.2) is 24.3 Å². The van der Waals surface area contributed by atoms with E-state index in [9.17, 15) is 4.79 Å². The van der Waals surface area contributed by atoms with Crippen molar-refractivity contribution in [3.8, 4) is 0 Å². The van der Waals surface area contributed by atoms with Crippen LogP contribution in [-0.4, -0.2) is 46.9 Å². The summed E-state index contributed by atoms with van der Waals surface area (Å²) in [6, 6.07) is 8.29. The van der Waals surface area contributed by atoms with Gasteiger partial charge >= 0.3 is 0 Å². The molecule has 0 radical (unpaired) electrons. The summed E-state index contributed by atoms with van der Waals surface area (Å²) in [5.41, 5.74) is 1.09. The van der Waals surface area contributed by atoms with Crippen LogP contribution in [0, 0.1) is 5.92 Å². The van der Waals surface area contributed by atoms with Crippen LogP contribution in [0.4, 0.5) is 0 Å². The molecule has 23 heavy (non-hydrogen) atoms. The predicted molar refractivity (Wildman–Crippen MR) is 95.5 cm³/mol. The lowest BCUT2D eigenvalue weighted by atomic mass is 10.0. The Kier molecular flexibility index (Phi) is 5.28. The molecule has 1 saturated heterocycles. The van der Waals surface area contributed by atoms with Crippen LogP contribution in [0.5, 0.6) is 0 Å². The molecule has 2 heterocycles. The Morgan fingerprint density at radius 2 is 2.00 bits per heavy atom. The van der Waals surface area contributed by atoms with Crippen molar-refractivity contribution in [3.63, 3.8) is 0 Å². The second-order valence-electron chi connectivity index (χ2n) is 6.37. The smallest absolute Gasteiger partial charge is 0.225 e. The van der Waals surface area contributed by atoms with E-state index < -0.39 is 0 Å². The van der Waals surface area contributed by atoms with Crippen LogP contribution < -0.4 is 0 Å². The molecule has 1 aromatic heterocycles. The van der Waals surface area contributed by atoms with Gasteiger partial charge in [0.1, 0.15) is 5.01 Å². The number of amides is 1. The highest BCUT2D eigenvalue weighted by molar-refractivity contribution is 7.18. The van der Waals surface area contributed by atoms with Gasteiger partial charge in [0.2, 0.25) is 5.91 Å². The topological polar surface area (TPSA) is 36.4 Å². The van der Waals surface area contributed by atoms with Gasteiger partial charge in [-0.3, -0.25) is 9.69 Å². The molecule has 1 fully saturated rings. The SMILES string of the molecule is CCCC(C)C(=O)N1CCN(Cc2nc3ccccc3s2)CC1. The summed E-state index contributed by atoms with van der Waals surface area (Å²) < 4.78 is 1.25. The Hall–Kier alpha value is -1.46. The summed E-state index contributed by atoms with van der Waals surface area (Å²) in [6.45, 7) is 8.67. The first-order valence-corrected chi connectivity index (χ1v) is 9.34. The number of carbonyl (C=O) groups is 1. The lowest BCUT2D eigenvalue weighted by molar-refractivity contribution is -0.137. The van der Waals surface area contributed by atoms with Crippen molar-refractivity contribution in [1.29, 1.82) is 0 Å². The minimum Gasteiger partial charge on any atom is -0.340 e. The monoisotopic (exact) mass is 331 g/mol. The molecule has 5 heteroatoms. The van der Waals surface area contributed by atoms with Gasteiger partial charge in [0, 0.05) is 32.1 Å². The minimum absolute atomic E-state index is 0.163. The molecule has 3 rings (SSSR count). The lowest BCUT2D eigenvalue weighted by Gasteiger charge is -2.35. The van der Waals surface area contributed by atoms with E-state index in [1.165, 1.54) is 9.71 Å². The number of hydrogen-bond donors (Lipinski definition) is 0. The van der Waals surface area contributed by atoms with Gasteiger partial charge in [0.25, 0.3) is 0 Å². The first-order valence-electron chi connectivity index (χ1n) is 8.53. The van der Waals surface area contributed by atoms with E-state index in [0.717, 1.165) is 51.1 Å².